The van der Waals surface area contributed by atoms with Crippen LogP contribution in [-0.4, -0.2) is 15.9 Å². The Kier molecular flexibility index (Phi) is 2.64. The SMILES string of the molecule is CCC(=O)Oc1ncc(Br)[nH]1. The Morgan fingerprint density at radius 3 is 3.09 bits per heavy atom. The molecule has 11 heavy (non-hydrogen) atoms. The molecule has 0 atom stereocenters. The van der Waals surface area contributed by atoms with Crippen molar-refractivity contribution in [3.8, 4) is 6.01 Å². The predicted octanol–water partition coefficient (Wildman–Crippen LogP) is 1.49. The quantitative estimate of drug-likeness (QED) is 0.766. The van der Waals surface area contributed by atoms with Crippen molar-refractivity contribution >= 4 is 21.9 Å². The van der Waals surface area contributed by atoms with Gasteiger partial charge < -0.3 is 9.72 Å². The first-order valence-corrected chi connectivity index (χ1v) is 3.93. The van der Waals surface area contributed by atoms with E-state index >= 15 is 0 Å². The maximum atomic E-state index is 10.7. The molecule has 1 heterocycles. The van der Waals surface area contributed by atoms with Crippen LogP contribution in [0.3, 0.4) is 0 Å². The first-order chi connectivity index (χ1) is 5.22. The van der Waals surface area contributed by atoms with Gasteiger partial charge in [0.15, 0.2) is 0 Å². The Balaban J connectivity index is 2.57. The number of nitrogens with zero attached hydrogens (tertiary/aromatic N) is 1. The standard InChI is InChI=1S/C6H7BrN2O2/c1-2-5(10)11-6-8-3-4(7)9-6/h3H,2H2,1H3,(H,8,9). The molecule has 0 saturated heterocycles. The summed E-state index contributed by atoms with van der Waals surface area (Å²) in [6.07, 6.45) is 1.87. The molecule has 0 aliphatic heterocycles. The number of hydrogen-bond donors (Lipinski definition) is 1. The molecular weight excluding hydrogens is 212 g/mol. The zero-order chi connectivity index (χ0) is 8.27. The molecule has 4 nitrogen and oxygen atoms in total. The molecule has 5 heteroatoms. The summed E-state index contributed by atoms with van der Waals surface area (Å²) in [5.74, 6) is -0.299. The van der Waals surface area contributed by atoms with Crippen LogP contribution >= 0.6 is 15.9 Å². The average molecular weight is 219 g/mol. The van der Waals surface area contributed by atoms with Gasteiger partial charge in [0.05, 0.1) is 6.20 Å². The minimum absolute atomic E-state index is 0.226. The van der Waals surface area contributed by atoms with Gasteiger partial charge in [0.1, 0.15) is 4.60 Å². The monoisotopic (exact) mass is 218 g/mol. The van der Waals surface area contributed by atoms with Gasteiger partial charge >= 0.3 is 12.0 Å². The fourth-order valence-electron chi connectivity index (χ4n) is 0.514. The van der Waals surface area contributed by atoms with E-state index in [9.17, 15) is 4.79 Å². The Hall–Kier alpha value is -0.840. The Labute approximate surface area is 72.1 Å². The fourth-order valence-corrected chi connectivity index (χ4v) is 0.786. The van der Waals surface area contributed by atoms with Gasteiger partial charge in [-0.3, -0.25) is 4.79 Å². The van der Waals surface area contributed by atoms with E-state index in [1.165, 1.54) is 6.20 Å². The number of hydrogen-bond acceptors (Lipinski definition) is 3. The van der Waals surface area contributed by atoms with Crippen molar-refractivity contribution in [2.24, 2.45) is 0 Å². The molecule has 0 spiro atoms. The summed E-state index contributed by atoms with van der Waals surface area (Å²) in [5.41, 5.74) is 0. The molecule has 0 amide bonds. The Morgan fingerprint density at radius 1 is 1.91 bits per heavy atom. The van der Waals surface area contributed by atoms with Gasteiger partial charge in [-0.05, 0) is 15.9 Å². The number of imidazole rings is 1. The van der Waals surface area contributed by atoms with Crippen molar-refractivity contribution in [1.29, 1.82) is 0 Å². The van der Waals surface area contributed by atoms with Gasteiger partial charge in [-0.2, -0.15) is 0 Å². The maximum absolute atomic E-state index is 10.7. The highest BCUT2D eigenvalue weighted by Gasteiger charge is 2.03. The van der Waals surface area contributed by atoms with E-state index in [-0.39, 0.29) is 12.0 Å². The lowest BCUT2D eigenvalue weighted by atomic mass is 10.5. The number of H-pyrrole nitrogens is 1. The van der Waals surface area contributed by atoms with Crippen LogP contribution in [0.15, 0.2) is 10.8 Å². The maximum Gasteiger partial charge on any atom is 0.313 e. The van der Waals surface area contributed by atoms with E-state index in [1.807, 2.05) is 0 Å². The number of rotatable bonds is 2. The van der Waals surface area contributed by atoms with Crippen molar-refractivity contribution in [2.45, 2.75) is 13.3 Å². The largest absolute Gasteiger partial charge is 0.392 e. The van der Waals surface area contributed by atoms with E-state index in [1.54, 1.807) is 6.92 Å². The lowest BCUT2D eigenvalue weighted by molar-refractivity contribution is -0.134. The fraction of sp³-hybridized carbons (Fsp3) is 0.333. The molecule has 1 aromatic rings. The molecule has 0 aliphatic carbocycles. The zero-order valence-corrected chi connectivity index (χ0v) is 7.51. The van der Waals surface area contributed by atoms with E-state index in [0.29, 0.717) is 11.0 Å². The van der Waals surface area contributed by atoms with Crippen LogP contribution in [0.1, 0.15) is 13.3 Å². The number of esters is 1. The molecule has 0 fully saturated rings. The molecule has 0 aliphatic rings. The number of aromatic nitrogens is 2. The van der Waals surface area contributed by atoms with Gasteiger partial charge in [-0.25, -0.2) is 4.98 Å². The lowest BCUT2D eigenvalue weighted by Crippen LogP contribution is -2.06. The Bertz CT molecular complexity index is 259. The molecule has 1 aromatic heterocycles. The predicted molar refractivity (Wildman–Crippen MR) is 42.2 cm³/mol. The van der Waals surface area contributed by atoms with Crippen LogP contribution in [0.25, 0.3) is 0 Å². The summed E-state index contributed by atoms with van der Waals surface area (Å²) in [7, 11) is 0. The van der Waals surface area contributed by atoms with E-state index in [0.717, 1.165) is 0 Å². The number of nitrogens with one attached hydrogen (secondary N) is 1. The molecule has 1 rings (SSSR count). The number of aromatic amines is 1. The van der Waals surface area contributed by atoms with Crippen molar-refractivity contribution in [2.75, 3.05) is 0 Å². The van der Waals surface area contributed by atoms with Gasteiger partial charge in [0.25, 0.3) is 0 Å². The van der Waals surface area contributed by atoms with E-state index in [2.05, 4.69) is 25.9 Å². The minimum atomic E-state index is -0.299. The normalized spacial score (nSPS) is 9.64. The molecule has 1 N–H and O–H groups in total. The van der Waals surface area contributed by atoms with Crippen molar-refractivity contribution in [3.63, 3.8) is 0 Å². The third-order valence-electron chi connectivity index (χ3n) is 1.02. The summed E-state index contributed by atoms with van der Waals surface area (Å²) in [4.78, 5) is 17.2. The number of ether oxygens (including phenoxy) is 1. The molecule has 0 unspecified atom stereocenters. The third-order valence-corrected chi connectivity index (χ3v) is 1.42. The van der Waals surface area contributed by atoms with Crippen LogP contribution in [0, 0.1) is 0 Å². The summed E-state index contributed by atoms with van der Waals surface area (Å²) in [6, 6.07) is 0.226. The number of carbonyl (C=O) groups excluding carboxylic acids is 1. The van der Waals surface area contributed by atoms with Gasteiger partial charge in [-0.1, -0.05) is 6.92 Å². The van der Waals surface area contributed by atoms with Crippen LogP contribution in [0.5, 0.6) is 6.01 Å². The van der Waals surface area contributed by atoms with Crippen LogP contribution < -0.4 is 4.74 Å². The smallest absolute Gasteiger partial charge is 0.313 e. The summed E-state index contributed by atoms with van der Waals surface area (Å²) >= 11 is 3.13. The molecule has 0 saturated carbocycles. The molecule has 0 radical (unpaired) electrons. The van der Waals surface area contributed by atoms with Crippen LogP contribution in [0.4, 0.5) is 0 Å². The highest BCUT2D eigenvalue weighted by atomic mass is 79.9. The van der Waals surface area contributed by atoms with Gasteiger partial charge in [-0.15, -0.1) is 0 Å². The first kappa shape index (κ1) is 8.26. The summed E-state index contributed by atoms with van der Waals surface area (Å²) in [6.45, 7) is 1.72. The highest BCUT2D eigenvalue weighted by molar-refractivity contribution is 9.10. The first-order valence-electron chi connectivity index (χ1n) is 3.13. The van der Waals surface area contributed by atoms with Crippen LogP contribution in [-0.2, 0) is 4.79 Å². The minimum Gasteiger partial charge on any atom is -0.392 e. The van der Waals surface area contributed by atoms with E-state index < -0.39 is 0 Å². The average Bonchev–Trinajstić information content (AvgIpc) is 2.35. The number of carbonyl (C=O) groups is 1. The second kappa shape index (κ2) is 3.52. The molecular formula is C6H7BrN2O2. The topological polar surface area (TPSA) is 55.0 Å². The van der Waals surface area contributed by atoms with Crippen molar-refractivity contribution in [1.82, 2.24) is 9.97 Å². The molecule has 0 aromatic carbocycles. The summed E-state index contributed by atoms with van der Waals surface area (Å²) in [5, 5.41) is 0. The second-order valence-electron chi connectivity index (χ2n) is 1.86. The molecule has 60 valence electrons. The zero-order valence-electron chi connectivity index (χ0n) is 5.93. The highest BCUT2D eigenvalue weighted by Crippen LogP contribution is 2.10. The van der Waals surface area contributed by atoms with Crippen molar-refractivity contribution < 1.29 is 9.53 Å². The van der Waals surface area contributed by atoms with E-state index in [4.69, 9.17) is 4.74 Å². The second-order valence-corrected chi connectivity index (χ2v) is 2.72. The van der Waals surface area contributed by atoms with Gasteiger partial charge in [0, 0.05) is 6.42 Å². The Morgan fingerprint density at radius 2 is 2.64 bits per heavy atom. The van der Waals surface area contributed by atoms with Gasteiger partial charge in [0.2, 0.25) is 0 Å². The third kappa shape index (κ3) is 2.34. The molecule has 0 bridgehead atoms. The lowest BCUT2D eigenvalue weighted by Gasteiger charge is -1.94. The summed E-state index contributed by atoms with van der Waals surface area (Å²) < 4.78 is 5.44. The number of halogens is 1. The van der Waals surface area contributed by atoms with Crippen molar-refractivity contribution in [3.05, 3.63) is 10.8 Å². The van der Waals surface area contributed by atoms with Crippen LogP contribution in [0.2, 0.25) is 0 Å².